The number of rotatable bonds is 3. The van der Waals surface area contributed by atoms with Crippen LogP contribution in [0.5, 0.6) is 0 Å². The van der Waals surface area contributed by atoms with Gasteiger partial charge < -0.3 is 5.32 Å². The predicted molar refractivity (Wildman–Crippen MR) is 88.2 cm³/mol. The number of carbonyl (C=O) groups is 1. The molecule has 0 aliphatic heterocycles. The first-order valence-electron chi connectivity index (χ1n) is 6.67. The number of hydrogen-bond acceptors (Lipinski definition) is 3. The van der Waals surface area contributed by atoms with Crippen LogP contribution in [0.4, 0.5) is 5.69 Å². The molecule has 1 N–H and O–H groups in total. The first kappa shape index (κ1) is 14.5. The van der Waals surface area contributed by atoms with Crippen LogP contribution in [0.2, 0.25) is 0 Å². The van der Waals surface area contributed by atoms with Crippen LogP contribution in [-0.4, -0.2) is 20.4 Å². The molecule has 0 unspecified atom stereocenters. The maximum Gasteiger partial charge on any atom is 0.255 e. The fraction of sp³-hybridized carbons (Fsp3) is 0.0625. The molecule has 0 radical (unpaired) electrons. The third kappa shape index (κ3) is 3.07. The summed E-state index contributed by atoms with van der Waals surface area (Å²) in [5, 5.41) is 2.82. The summed E-state index contributed by atoms with van der Waals surface area (Å²) in [7, 11) is 0. The molecule has 5 nitrogen and oxygen atoms in total. The molecule has 0 bridgehead atoms. The van der Waals surface area contributed by atoms with Crippen molar-refractivity contribution in [3.63, 3.8) is 0 Å². The highest BCUT2D eigenvalue weighted by Crippen LogP contribution is 2.14. The minimum atomic E-state index is -0.166. The molecule has 6 heteroatoms. The number of aromatic nitrogens is 3. The number of pyridine rings is 1. The zero-order chi connectivity index (χ0) is 15.5. The number of nitrogens with zero attached hydrogens (tertiary/aromatic N) is 3. The summed E-state index contributed by atoms with van der Waals surface area (Å²) in [4.78, 5) is 20.6. The third-order valence-electron chi connectivity index (χ3n) is 3.18. The Morgan fingerprint density at radius 1 is 1.14 bits per heavy atom. The van der Waals surface area contributed by atoms with Crippen LogP contribution >= 0.6 is 15.9 Å². The number of carbonyl (C=O) groups excluding carboxylic acids is 1. The lowest BCUT2D eigenvalue weighted by atomic mass is 10.2. The van der Waals surface area contributed by atoms with Gasteiger partial charge in [0.25, 0.3) is 5.91 Å². The van der Waals surface area contributed by atoms with Gasteiger partial charge in [-0.1, -0.05) is 15.9 Å². The number of hydrogen-bond donors (Lipinski definition) is 1. The van der Waals surface area contributed by atoms with E-state index >= 15 is 0 Å². The SMILES string of the molecule is Cc1nccn1-c1ccc(NC(=O)c2ccc(Br)cc2)cn1. The zero-order valence-corrected chi connectivity index (χ0v) is 13.4. The molecular weight excluding hydrogens is 344 g/mol. The number of benzene rings is 1. The summed E-state index contributed by atoms with van der Waals surface area (Å²) in [5.41, 5.74) is 1.24. The minimum Gasteiger partial charge on any atom is -0.321 e. The van der Waals surface area contributed by atoms with E-state index in [0.717, 1.165) is 16.1 Å². The maximum atomic E-state index is 12.1. The van der Waals surface area contributed by atoms with Crippen molar-refractivity contribution >= 4 is 27.5 Å². The van der Waals surface area contributed by atoms with Crippen LogP contribution in [0, 0.1) is 6.92 Å². The molecule has 0 saturated carbocycles. The van der Waals surface area contributed by atoms with Crippen molar-refractivity contribution in [1.82, 2.24) is 14.5 Å². The normalized spacial score (nSPS) is 10.5. The van der Waals surface area contributed by atoms with E-state index in [9.17, 15) is 4.79 Å². The number of anilines is 1. The van der Waals surface area contributed by atoms with Gasteiger partial charge in [0, 0.05) is 22.4 Å². The number of halogens is 1. The van der Waals surface area contributed by atoms with E-state index < -0.39 is 0 Å². The Morgan fingerprint density at radius 3 is 2.50 bits per heavy atom. The molecule has 110 valence electrons. The number of amides is 1. The van der Waals surface area contributed by atoms with Gasteiger partial charge >= 0.3 is 0 Å². The molecule has 0 fully saturated rings. The van der Waals surface area contributed by atoms with Crippen LogP contribution in [0.1, 0.15) is 16.2 Å². The van der Waals surface area contributed by atoms with Gasteiger partial charge in [-0.05, 0) is 43.3 Å². The van der Waals surface area contributed by atoms with Crippen LogP contribution in [0.15, 0.2) is 59.5 Å². The number of imidazole rings is 1. The van der Waals surface area contributed by atoms with E-state index in [1.54, 1.807) is 24.5 Å². The lowest BCUT2D eigenvalue weighted by Crippen LogP contribution is -2.12. The van der Waals surface area contributed by atoms with E-state index in [4.69, 9.17) is 0 Å². The first-order valence-corrected chi connectivity index (χ1v) is 7.46. The molecule has 2 aromatic heterocycles. The van der Waals surface area contributed by atoms with Crippen LogP contribution < -0.4 is 5.32 Å². The molecule has 3 aromatic rings. The summed E-state index contributed by atoms with van der Waals surface area (Å²) in [5.74, 6) is 1.46. The molecule has 3 rings (SSSR count). The van der Waals surface area contributed by atoms with Gasteiger partial charge in [-0.2, -0.15) is 0 Å². The van der Waals surface area contributed by atoms with Crippen LogP contribution in [0.3, 0.4) is 0 Å². The van der Waals surface area contributed by atoms with Gasteiger partial charge in [0.1, 0.15) is 11.6 Å². The van der Waals surface area contributed by atoms with Crippen molar-refractivity contribution in [1.29, 1.82) is 0 Å². The summed E-state index contributed by atoms with van der Waals surface area (Å²) >= 11 is 3.34. The monoisotopic (exact) mass is 356 g/mol. The lowest BCUT2D eigenvalue weighted by Gasteiger charge is -2.07. The summed E-state index contributed by atoms with van der Waals surface area (Å²) in [6.45, 7) is 1.91. The van der Waals surface area contributed by atoms with Crippen molar-refractivity contribution in [2.45, 2.75) is 6.92 Å². The highest BCUT2D eigenvalue weighted by atomic mass is 79.9. The average Bonchev–Trinajstić information content (AvgIpc) is 2.95. The largest absolute Gasteiger partial charge is 0.321 e. The van der Waals surface area contributed by atoms with Crippen LogP contribution in [-0.2, 0) is 0 Å². The highest BCUT2D eigenvalue weighted by Gasteiger charge is 2.07. The standard InChI is InChI=1S/C16H13BrN4O/c1-11-18-8-9-21(11)15-7-6-14(10-19-15)20-16(22)12-2-4-13(17)5-3-12/h2-10H,1H3,(H,20,22). The van der Waals surface area contributed by atoms with Crippen molar-refractivity contribution < 1.29 is 4.79 Å². The second kappa shape index (κ2) is 6.11. The molecule has 0 aliphatic carbocycles. The Hall–Kier alpha value is -2.47. The Kier molecular flexibility index (Phi) is 4.02. The molecule has 0 saturated heterocycles. The van der Waals surface area contributed by atoms with Crippen molar-refractivity contribution in [3.05, 3.63) is 70.8 Å². The van der Waals surface area contributed by atoms with Crippen molar-refractivity contribution in [2.75, 3.05) is 5.32 Å². The van der Waals surface area contributed by atoms with Gasteiger partial charge in [-0.15, -0.1) is 0 Å². The molecule has 1 amide bonds. The van der Waals surface area contributed by atoms with E-state index in [-0.39, 0.29) is 5.91 Å². The van der Waals surface area contributed by atoms with E-state index in [2.05, 4.69) is 31.2 Å². The van der Waals surface area contributed by atoms with Crippen molar-refractivity contribution in [3.8, 4) is 5.82 Å². The van der Waals surface area contributed by atoms with Gasteiger partial charge in [0.05, 0.1) is 11.9 Å². The third-order valence-corrected chi connectivity index (χ3v) is 3.71. The number of nitrogens with one attached hydrogen (secondary N) is 1. The van der Waals surface area contributed by atoms with Gasteiger partial charge in [0.2, 0.25) is 0 Å². The summed E-state index contributed by atoms with van der Waals surface area (Å²) in [6.07, 6.45) is 5.20. The van der Waals surface area contributed by atoms with Gasteiger partial charge in [0.15, 0.2) is 0 Å². The summed E-state index contributed by atoms with van der Waals surface area (Å²) < 4.78 is 2.81. The fourth-order valence-electron chi connectivity index (χ4n) is 2.03. The van der Waals surface area contributed by atoms with Crippen molar-refractivity contribution in [2.24, 2.45) is 0 Å². The second-order valence-electron chi connectivity index (χ2n) is 4.71. The topological polar surface area (TPSA) is 59.8 Å². The fourth-order valence-corrected chi connectivity index (χ4v) is 2.29. The lowest BCUT2D eigenvalue weighted by molar-refractivity contribution is 0.102. The van der Waals surface area contributed by atoms with Gasteiger partial charge in [-0.25, -0.2) is 9.97 Å². The number of aryl methyl sites for hydroxylation is 1. The second-order valence-corrected chi connectivity index (χ2v) is 5.63. The molecule has 1 aromatic carbocycles. The highest BCUT2D eigenvalue weighted by molar-refractivity contribution is 9.10. The predicted octanol–water partition coefficient (Wildman–Crippen LogP) is 3.59. The molecule has 22 heavy (non-hydrogen) atoms. The quantitative estimate of drug-likeness (QED) is 0.779. The molecular formula is C16H13BrN4O. The Bertz CT molecular complexity index is 794. The molecule has 0 atom stereocenters. The van der Waals surface area contributed by atoms with E-state index in [0.29, 0.717) is 11.3 Å². The maximum absolute atomic E-state index is 12.1. The van der Waals surface area contributed by atoms with Crippen LogP contribution in [0.25, 0.3) is 5.82 Å². The molecule has 0 aliphatic rings. The zero-order valence-electron chi connectivity index (χ0n) is 11.8. The van der Waals surface area contributed by atoms with Gasteiger partial charge in [-0.3, -0.25) is 9.36 Å². The summed E-state index contributed by atoms with van der Waals surface area (Å²) in [6, 6.07) is 10.8. The Balaban J connectivity index is 1.75. The first-order chi connectivity index (χ1) is 10.6. The molecule has 0 spiro atoms. The van der Waals surface area contributed by atoms with E-state index in [1.807, 2.05) is 42.0 Å². The Labute approximate surface area is 136 Å². The smallest absolute Gasteiger partial charge is 0.255 e. The Morgan fingerprint density at radius 2 is 1.91 bits per heavy atom. The molecule has 2 heterocycles. The van der Waals surface area contributed by atoms with E-state index in [1.165, 1.54) is 0 Å². The minimum absolute atomic E-state index is 0.166. The average molecular weight is 357 g/mol.